The van der Waals surface area contributed by atoms with Gasteiger partial charge in [0.25, 0.3) is 5.82 Å². The van der Waals surface area contributed by atoms with E-state index in [2.05, 4.69) is 160 Å². The van der Waals surface area contributed by atoms with Crippen molar-refractivity contribution >= 4 is 56.4 Å². The highest BCUT2D eigenvalue weighted by Crippen LogP contribution is 2.47. The minimum atomic E-state index is 0.614. The number of nitrogens with zero attached hydrogens (tertiary/aromatic N) is 6. The zero-order valence-corrected chi connectivity index (χ0v) is 31.7. The molecule has 0 bridgehead atoms. The van der Waals surface area contributed by atoms with Gasteiger partial charge in [0, 0.05) is 35.5 Å². The number of para-hydroxylation sites is 6. The number of aryl methyl sites for hydroxylation is 1. The predicted octanol–water partition coefficient (Wildman–Crippen LogP) is 11.6. The average Bonchev–Trinajstić information content (AvgIpc) is 4.04. The molecular weight excluding hydrogens is 705 g/mol. The normalized spacial score (nSPS) is 13.8. The van der Waals surface area contributed by atoms with E-state index in [1.807, 2.05) is 48.5 Å². The molecule has 8 nitrogen and oxygen atoms in total. The average molecular weight is 744 g/mol. The van der Waals surface area contributed by atoms with Crippen LogP contribution in [0.1, 0.15) is 19.7 Å². The molecule has 10 rings (SSSR count). The lowest BCUT2D eigenvalue weighted by atomic mass is 10.1. The zero-order valence-electron chi connectivity index (χ0n) is 31.7. The van der Waals surface area contributed by atoms with Crippen LogP contribution < -0.4 is 14.4 Å². The van der Waals surface area contributed by atoms with Crippen LogP contribution in [-0.2, 0) is 6.54 Å². The van der Waals surface area contributed by atoms with Crippen LogP contribution in [0, 0.1) is 0 Å². The van der Waals surface area contributed by atoms with Gasteiger partial charge in [-0.1, -0.05) is 78.9 Å². The third-order valence-corrected chi connectivity index (χ3v) is 10.5. The van der Waals surface area contributed by atoms with Crippen molar-refractivity contribution in [2.75, 3.05) is 16.3 Å². The fraction of sp³-hybridized carbons (Fsp3) is 0.0816. The van der Waals surface area contributed by atoms with E-state index in [0.717, 1.165) is 91.8 Å². The Labute approximate surface area is 330 Å². The highest BCUT2D eigenvalue weighted by atomic mass is 16.4. The van der Waals surface area contributed by atoms with Gasteiger partial charge in [-0.15, -0.1) is 0 Å². The van der Waals surface area contributed by atoms with Crippen LogP contribution in [-0.4, -0.2) is 21.1 Å². The number of fused-ring (bicyclic) bond motifs is 4. The number of oxazole rings is 2. The van der Waals surface area contributed by atoms with Crippen LogP contribution in [0.25, 0.3) is 67.9 Å². The van der Waals surface area contributed by atoms with Crippen molar-refractivity contribution in [1.82, 2.24) is 14.5 Å². The molecule has 0 spiro atoms. The van der Waals surface area contributed by atoms with Gasteiger partial charge in [0.1, 0.15) is 22.5 Å². The van der Waals surface area contributed by atoms with Gasteiger partial charge < -0.3 is 13.7 Å². The monoisotopic (exact) mass is 743 g/mol. The van der Waals surface area contributed by atoms with Crippen molar-refractivity contribution in [1.29, 1.82) is 0 Å². The van der Waals surface area contributed by atoms with Gasteiger partial charge in [-0.05, 0) is 98.8 Å². The van der Waals surface area contributed by atoms with Gasteiger partial charge in [-0.25, -0.2) is 14.5 Å². The van der Waals surface area contributed by atoms with E-state index in [4.69, 9.17) is 18.8 Å². The molecule has 9 aromatic rings. The topological polar surface area (TPSA) is 67.4 Å². The maximum Gasteiger partial charge on any atom is 0.287 e. The number of aromatic nitrogens is 4. The second kappa shape index (κ2) is 14.3. The number of allylic oxidation sites excluding steroid dienone is 4. The van der Waals surface area contributed by atoms with Gasteiger partial charge in [0.15, 0.2) is 22.2 Å². The van der Waals surface area contributed by atoms with E-state index in [9.17, 15) is 0 Å². The van der Waals surface area contributed by atoms with E-state index < -0.39 is 0 Å². The Bertz CT molecular complexity index is 2940. The summed E-state index contributed by atoms with van der Waals surface area (Å²) in [6.45, 7) is 5.93. The molecule has 8 heteroatoms. The second-order valence-corrected chi connectivity index (χ2v) is 13.8. The third-order valence-electron chi connectivity index (χ3n) is 10.5. The summed E-state index contributed by atoms with van der Waals surface area (Å²) >= 11 is 0. The van der Waals surface area contributed by atoms with E-state index >= 15 is 0 Å². The molecule has 1 aliphatic rings. The van der Waals surface area contributed by atoms with Gasteiger partial charge in [0.05, 0.1) is 17.9 Å². The molecule has 0 aliphatic carbocycles. The Morgan fingerprint density at radius 2 is 1.21 bits per heavy atom. The van der Waals surface area contributed by atoms with Crippen molar-refractivity contribution in [2.45, 2.75) is 20.4 Å². The Kier molecular flexibility index (Phi) is 8.56. The Morgan fingerprint density at radius 3 is 1.86 bits per heavy atom. The van der Waals surface area contributed by atoms with Crippen molar-refractivity contribution < 1.29 is 13.4 Å². The van der Waals surface area contributed by atoms with E-state index in [0.29, 0.717) is 11.8 Å². The SMILES string of the molecule is CCN1C(=CC=CC=Cc2n(-c3ccccc3)c3ccc(-c4nc5ccccc5o4)cc3[n+]2CC)N(c2ccccc2)c2ccc(-c3nc4ccccc4o3)cc21. The van der Waals surface area contributed by atoms with Crippen LogP contribution >= 0.6 is 0 Å². The highest BCUT2D eigenvalue weighted by molar-refractivity contribution is 5.91. The number of anilines is 3. The molecule has 0 radical (unpaired) electrons. The second-order valence-electron chi connectivity index (χ2n) is 13.8. The molecule has 4 heterocycles. The fourth-order valence-corrected chi connectivity index (χ4v) is 7.89. The first-order valence-electron chi connectivity index (χ1n) is 19.4. The molecule has 0 unspecified atom stereocenters. The zero-order chi connectivity index (χ0) is 38.3. The summed E-state index contributed by atoms with van der Waals surface area (Å²) < 4.78 is 17.0. The first-order valence-corrected chi connectivity index (χ1v) is 19.4. The van der Waals surface area contributed by atoms with Gasteiger partial charge in [-0.3, -0.25) is 4.90 Å². The van der Waals surface area contributed by atoms with Crippen LogP contribution in [0.5, 0.6) is 0 Å². The summed E-state index contributed by atoms with van der Waals surface area (Å²) in [5, 5.41) is 0. The largest absolute Gasteiger partial charge is 0.436 e. The number of hydrogen-bond acceptors (Lipinski definition) is 6. The highest BCUT2D eigenvalue weighted by Gasteiger charge is 2.32. The fourth-order valence-electron chi connectivity index (χ4n) is 7.89. The summed E-state index contributed by atoms with van der Waals surface area (Å²) in [4.78, 5) is 14.2. The number of hydrogen-bond donors (Lipinski definition) is 0. The smallest absolute Gasteiger partial charge is 0.287 e. The molecule has 0 atom stereocenters. The van der Waals surface area contributed by atoms with Gasteiger partial charge in [-0.2, -0.15) is 4.57 Å². The van der Waals surface area contributed by atoms with Crippen LogP contribution in [0.4, 0.5) is 17.1 Å². The molecule has 276 valence electrons. The number of benzene rings is 6. The molecule has 57 heavy (non-hydrogen) atoms. The van der Waals surface area contributed by atoms with Crippen molar-refractivity contribution in [3.8, 4) is 28.6 Å². The first kappa shape index (κ1) is 34.1. The Morgan fingerprint density at radius 1 is 0.596 bits per heavy atom. The molecule has 1 aliphatic heterocycles. The molecule has 0 saturated heterocycles. The van der Waals surface area contributed by atoms with Crippen molar-refractivity contribution in [3.63, 3.8) is 0 Å². The quantitative estimate of drug-likeness (QED) is 0.108. The summed E-state index contributed by atoms with van der Waals surface area (Å²) in [5.41, 5.74) is 11.7. The molecule has 0 fully saturated rings. The Balaban J connectivity index is 1.02. The molecular formula is C49H39N6O2+. The molecule has 0 N–H and O–H groups in total. The van der Waals surface area contributed by atoms with Gasteiger partial charge >= 0.3 is 0 Å². The first-order chi connectivity index (χ1) is 28.2. The van der Waals surface area contributed by atoms with Crippen LogP contribution in [0.2, 0.25) is 0 Å². The lowest BCUT2D eigenvalue weighted by Gasteiger charge is -2.24. The lowest BCUT2D eigenvalue weighted by Crippen LogP contribution is -2.35. The van der Waals surface area contributed by atoms with Gasteiger partial charge in [0.2, 0.25) is 11.8 Å². The van der Waals surface area contributed by atoms with Crippen LogP contribution in [0.15, 0.2) is 185 Å². The third kappa shape index (κ3) is 5.99. The summed E-state index contributed by atoms with van der Waals surface area (Å²) in [7, 11) is 0. The number of imidazole rings is 1. The minimum Gasteiger partial charge on any atom is -0.436 e. The predicted molar refractivity (Wildman–Crippen MR) is 229 cm³/mol. The summed E-state index contributed by atoms with van der Waals surface area (Å²) in [6, 6.07) is 49.7. The minimum absolute atomic E-state index is 0.614. The summed E-state index contributed by atoms with van der Waals surface area (Å²) in [6.07, 6.45) is 10.7. The maximum atomic E-state index is 6.17. The van der Waals surface area contributed by atoms with E-state index in [1.165, 1.54) is 0 Å². The van der Waals surface area contributed by atoms with E-state index in [-0.39, 0.29) is 0 Å². The van der Waals surface area contributed by atoms with Crippen LogP contribution in [0.3, 0.4) is 0 Å². The molecule has 6 aromatic carbocycles. The van der Waals surface area contributed by atoms with Crippen molar-refractivity contribution in [2.24, 2.45) is 0 Å². The maximum absolute atomic E-state index is 6.17. The molecule has 0 amide bonds. The molecule has 0 saturated carbocycles. The summed E-state index contributed by atoms with van der Waals surface area (Å²) in [5.74, 6) is 3.35. The standard InChI is InChI=1S/C49H39N6O2/c1-3-52-42-32-34(48-50-38-22-14-16-24-44(38)56-48)28-30-40(42)54(36-18-8-5-9-19-36)46(52)26-12-7-13-27-47-53(4-2)43-33-35(49-51-39-23-15-17-25-45(39)57-49)29-31-41(43)55(47)37-20-10-6-11-21-37/h5-33H,3-4H2,1-2H3/q+1. The molecule has 3 aromatic heterocycles. The van der Waals surface area contributed by atoms with Crippen molar-refractivity contribution in [3.05, 3.63) is 182 Å². The number of rotatable bonds is 9. The lowest BCUT2D eigenvalue weighted by molar-refractivity contribution is -0.670. The Hall–Kier alpha value is -7.45. The van der Waals surface area contributed by atoms with E-state index in [1.54, 1.807) is 0 Å².